The van der Waals surface area contributed by atoms with Gasteiger partial charge in [-0.05, 0) is 25.5 Å². The third kappa shape index (κ3) is 1.13. The summed E-state index contributed by atoms with van der Waals surface area (Å²) in [5.74, 6) is 0.874. The average molecular weight is 188 g/mol. The van der Waals surface area contributed by atoms with E-state index in [2.05, 4.69) is 4.98 Å². The third-order valence-electron chi connectivity index (χ3n) is 2.38. The van der Waals surface area contributed by atoms with Gasteiger partial charge in [-0.1, -0.05) is 6.07 Å². The second-order valence-corrected chi connectivity index (χ2v) is 3.47. The van der Waals surface area contributed by atoms with Gasteiger partial charge in [-0.15, -0.1) is 0 Å². The number of pyridine rings is 1. The molecule has 0 N–H and O–H groups in total. The van der Waals surface area contributed by atoms with Gasteiger partial charge in [-0.25, -0.2) is 4.98 Å². The second-order valence-electron chi connectivity index (χ2n) is 3.47. The van der Waals surface area contributed by atoms with E-state index in [1.165, 1.54) is 0 Å². The van der Waals surface area contributed by atoms with Gasteiger partial charge in [0.05, 0.1) is 5.52 Å². The van der Waals surface area contributed by atoms with Crippen LogP contribution >= 0.6 is 0 Å². The van der Waals surface area contributed by atoms with Crippen molar-refractivity contribution >= 4 is 11.3 Å². The number of imidazole rings is 1. The van der Waals surface area contributed by atoms with Crippen molar-refractivity contribution in [3.05, 3.63) is 35.4 Å². The molecule has 0 aliphatic rings. The van der Waals surface area contributed by atoms with Gasteiger partial charge in [0, 0.05) is 13.1 Å². The molecule has 0 unspecified atom stereocenters. The molecule has 0 aromatic carbocycles. The number of fused-ring (bicyclic) bond motifs is 1. The molecule has 0 saturated carbocycles. The lowest BCUT2D eigenvalue weighted by atomic mass is 10.2. The van der Waals surface area contributed by atoms with Gasteiger partial charge < -0.3 is 4.40 Å². The van der Waals surface area contributed by atoms with Gasteiger partial charge in [0.25, 0.3) is 0 Å². The molecule has 0 spiro atoms. The highest BCUT2D eigenvalue weighted by Gasteiger charge is 2.12. The fourth-order valence-electron chi connectivity index (χ4n) is 1.70. The molecule has 14 heavy (non-hydrogen) atoms. The Morgan fingerprint density at radius 2 is 2.14 bits per heavy atom. The standard InChI is InChI=1S/C11H12N2O/c1-7-5-4-6-13-9(3)12-10(8(2)14)11(7)13/h4-6H,1-3H3. The first kappa shape index (κ1) is 8.94. The zero-order valence-electron chi connectivity index (χ0n) is 8.53. The van der Waals surface area contributed by atoms with E-state index in [1.807, 2.05) is 36.6 Å². The molecule has 2 aromatic rings. The summed E-state index contributed by atoms with van der Waals surface area (Å²) in [5.41, 5.74) is 2.58. The number of Topliss-reactive ketones (excluding diaryl/α,β-unsaturated/α-hetero) is 1. The Kier molecular flexibility index (Phi) is 1.88. The van der Waals surface area contributed by atoms with Crippen LogP contribution in [0.2, 0.25) is 0 Å². The first-order chi connectivity index (χ1) is 6.61. The van der Waals surface area contributed by atoms with Crippen molar-refractivity contribution < 1.29 is 4.79 Å². The number of rotatable bonds is 1. The topological polar surface area (TPSA) is 34.4 Å². The van der Waals surface area contributed by atoms with Crippen LogP contribution in [0.25, 0.3) is 5.52 Å². The minimum atomic E-state index is 0.0184. The molecule has 0 atom stereocenters. The van der Waals surface area contributed by atoms with Crippen molar-refractivity contribution in [2.75, 3.05) is 0 Å². The van der Waals surface area contributed by atoms with Crippen molar-refractivity contribution in [1.29, 1.82) is 0 Å². The summed E-state index contributed by atoms with van der Waals surface area (Å²) in [6.45, 7) is 5.44. The van der Waals surface area contributed by atoms with Crippen LogP contribution in [0.5, 0.6) is 0 Å². The molecule has 0 fully saturated rings. The lowest BCUT2D eigenvalue weighted by Crippen LogP contribution is -1.95. The molecule has 72 valence electrons. The van der Waals surface area contributed by atoms with Crippen molar-refractivity contribution in [3.63, 3.8) is 0 Å². The molecule has 2 rings (SSSR count). The summed E-state index contributed by atoms with van der Waals surface area (Å²) in [7, 11) is 0. The van der Waals surface area contributed by atoms with Crippen LogP contribution in [-0.2, 0) is 0 Å². The van der Waals surface area contributed by atoms with E-state index in [4.69, 9.17) is 0 Å². The van der Waals surface area contributed by atoms with Crippen molar-refractivity contribution in [2.45, 2.75) is 20.8 Å². The van der Waals surface area contributed by atoms with E-state index in [-0.39, 0.29) is 5.78 Å². The number of hydrogen-bond donors (Lipinski definition) is 0. The minimum Gasteiger partial charge on any atom is -0.303 e. The Morgan fingerprint density at radius 1 is 1.43 bits per heavy atom. The van der Waals surface area contributed by atoms with Crippen LogP contribution < -0.4 is 0 Å². The zero-order valence-corrected chi connectivity index (χ0v) is 8.53. The zero-order chi connectivity index (χ0) is 10.3. The highest BCUT2D eigenvalue weighted by Crippen LogP contribution is 2.17. The van der Waals surface area contributed by atoms with Crippen LogP contribution in [0.15, 0.2) is 18.3 Å². The maximum Gasteiger partial charge on any atom is 0.180 e. The molecule has 0 aliphatic heterocycles. The number of aromatic nitrogens is 2. The number of carbonyl (C=O) groups is 1. The third-order valence-corrected chi connectivity index (χ3v) is 2.38. The van der Waals surface area contributed by atoms with Gasteiger partial charge in [-0.2, -0.15) is 0 Å². The molecule has 2 heterocycles. The highest BCUT2D eigenvalue weighted by molar-refractivity contribution is 5.99. The molecular formula is C11H12N2O. The average Bonchev–Trinajstić information content (AvgIpc) is 2.46. The first-order valence-corrected chi connectivity index (χ1v) is 4.56. The number of ketones is 1. The van der Waals surface area contributed by atoms with Gasteiger partial charge in [0.2, 0.25) is 0 Å². The lowest BCUT2D eigenvalue weighted by molar-refractivity contribution is 0.101. The van der Waals surface area contributed by atoms with E-state index in [9.17, 15) is 4.79 Å². The van der Waals surface area contributed by atoms with Crippen LogP contribution in [-0.4, -0.2) is 15.2 Å². The molecule has 0 radical (unpaired) electrons. The van der Waals surface area contributed by atoms with E-state index in [0.29, 0.717) is 5.69 Å². The fourth-order valence-corrected chi connectivity index (χ4v) is 1.70. The predicted octanol–water partition coefficient (Wildman–Crippen LogP) is 2.15. The van der Waals surface area contributed by atoms with E-state index < -0.39 is 0 Å². The number of carbonyl (C=O) groups excluding carboxylic acids is 1. The van der Waals surface area contributed by atoms with Gasteiger partial charge in [0.15, 0.2) is 5.78 Å². The van der Waals surface area contributed by atoms with Crippen molar-refractivity contribution in [1.82, 2.24) is 9.38 Å². The Morgan fingerprint density at radius 3 is 2.79 bits per heavy atom. The van der Waals surface area contributed by atoms with Gasteiger partial charge in [-0.3, -0.25) is 4.79 Å². The molecule has 0 bridgehead atoms. The largest absolute Gasteiger partial charge is 0.303 e. The van der Waals surface area contributed by atoms with Gasteiger partial charge in [0.1, 0.15) is 11.5 Å². The van der Waals surface area contributed by atoms with E-state index in [0.717, 1.165) is 16.9 Å². The first-order valence-electron chi connectivity index (χ1n) is 4.56. The fraction of sp³-hybridized carbons (Fsp3) is 0.273. The number of nitrogens with zero attached hydrogens (tertiary/aromatic N) is 2. The Labute approximate surface area is 82.4 Å². The maximum absolute atomic E-state index is 11.3. The van der Waals surface area contributed by atoms with Crippen LogP contribution in [0, 0.1) is 13.8 Å². The quantitative estimate of drug-likeness (QED) is 0.642. The van der Waals surface area contributed by atoms with E-state index in [1.54, 1.807) is 6.92 Å². The normalized spacial score (nSPS) is 10.8. The lowest BCUT2D eigenvalue weighted by Gasteiger charge is -1.99. The summed E-state index contributed by atoms with van der Waals surface area (Å²) >= 11 is 0. The minimum absolute atomic E-state index is 0.0184. The Balaban J connectivity index is 2.93. The molecule has 0 aliphatic carbocycles. The number of hydrogen-bond acceptors (Lipinski definition) is 2. The highest BCUT2D eigenvalue weighted by atomic mass is 16.1. The molecule has 0 saturated heterocycles. The second kappa shape index (κ2) is 2.94. The summed E-state index contributed by atoms with van der Waals surface area (Å²) in [5, 5.41) is 0. The summed E-state index contributed by atoms with van der Waals surface area (Å²) in [6.07, 6.45) is 1.93. The predicted molar refractivity (Wildman–Crippen MR) is 54.7 cm³/mol. The van der Waals surface area contributed by atoms with Crippen molar-refractivity contribution in [3.8, 4) is 0 Å². The smallest absolute Gasteiger partial charge is 0.180 e. The van der Waals surface area contributed by atoms with Crippen LogP contribution in [0.3, 0.4) is 0 Å². The SMILES string of the molecule is CC(=O)c1nc(C)n2cccc(C)c12. The van der Waals surface area contributed by atoms with Gasteiger partial charge >= 0.3 is 0 Å². The summed E-state index contributed by atoms with van der Waals surface area (Å²) in [6, 6.07) is 3.95. The Hall–Kier alpha value is -1.64. The molecule has 0 amide bonds. The molecule has 3 heteroatoms. The monoisotopic (exact) mass is 188 g/mol. The number of aryl methyl sites for hydroxylation is 2. The molecule has 3 nitrogen and oxygen atoms in total. The van der Waals surface area contributed by atoms with Crippen LogP contribution in [0.4, 0.5) is 0 Å². The Bertz CT molecular complexity index is 511. The van der Waals surface area contributed by atoms with E-state index >= 15 is 0 Å². The van der Waals surface area contributed by atoms with Crippen molar-refractivity contribution in [2.24, 2.45) is 0 Å². The van der Waals surface area contributed by atoms with Crippen LogP contribution in [0.1, 0.15) is 28.8 Å². The molecular weight excluding hydrogens is 176 g/mol. The maximum atomic E-state index is 11.3. The summed E-state index contributed by atoms with van der Waals surface area (Å²) in [4.78, 5) is 15.6. The summed E-state index contributed by atoms with van der Waals surface area (Å²) < 4.78 is 1.95. The molecule has 2 aromatic heterocycles.